The third-order valence-electron chi connectivity index (χ3n) is 4.68. The first-order valence-electron chi connectivity index (χ1n) is 7.12. The van der Waals surface area contributed by atoms with Crippen molar-refractivity contribution in [1.29, 1.82) is 0 Å². The van der Waals surface area contributed by atoms with E-state index in [1.54, 1.807) is 7.11 Å². The fraction of sp³-hybridized carbons (Fsp3) is 0.625. The smallest absolute Gasteiger partial charge is 0.119 e. The van der Waals surface area contributed by atoms with Crippen LogP contribution >= 0.6 is 15.9 Å². The molecule has 2 nitrogen and oxygen atoms in total. The van der Waals surface area contributed by atoms with Gasteiger partial charge in [-0.2, -0.15) is 0 Å². The zero-order valence-electron chi connectivity index (χ0n) is 11.8. The van der Waals surface area contributed by atoms with Crippen LogP contribution in [0.4, 0.5) is 0 Å². The molecule has 1 aromatic rings. The number of aliphatic hydroxyl groups is 1. The van der Waals surface area contributed by atoms with Gasteiger partial charge < -0.3 is 9.84 Å². The summed E-state index contributed by atoms with van der Waals surface area (Å²) in [4.78, 5) is 0. The minimum Gasteiger partial charge on any atom is -0.497 e. The lowest BCUT2D eigenvalue weighted by molar-refractivity contribution is 0.0256. The molecule has 1 aliphatic rings. The molecule has 0 bridgehead atoms. The fourth-order valence-electron chi connectivity index (χ4n) is 3.26. The van der Waals surface area contributed by atoms with Gasteiger partial charge in [-0.15, -0.1) is 0 Å². The van der Waals surface area contributed by atoms with Crippen molar-refractivity contribution < 1.29 is 9.84 Å². The average molecular weight is 327 g/mol. The second-order valence-electron chi connectivity index (χ2n) is 5.60. The maximum Gasteiger partial charge on any atom is 0.119 e. The largest absolute Gasteiger partial charge is 0.497 e. The first-order valence-corrected chi connectivity index (χ1v) is 7.91. The molecular formula is C16H23BrO2. The predicted molar refractivity (Wildman–Crippen MR) is 81.6 cm³/mol. The van der Waals surface area contributed by atoms with E-state index in [0.29, 0.717) is 6.42 Å². The minimum atomic E-state index is -0.261. The van der Waals surface area contributed by atoms with E-state index in [9.17, 15) is 5.11 Å². The zero-order valence-corrected chi connectivity index (χ0v) is 13.4. The van der Waals surface area contributed by atoms with E-state index in [-0.39, 0.29) is 11.5 Å². The van der Waals surface area contributed by atoms with Crippen molar-refractivity contribution in [2.45, 2.75) is 51.6 Å². The first-order chi connectivity index (χ1) is 9.11. The summed E-state index contributed by atoms with van der Waals surface area (Å²) in [5.41, 5.74) is 1.26. The van der Waals surface area contributed by atoms with Gasteiger partial charge in [-0.05, 0) is 48.4 Å². The predicted octanol–water partition coefficient (Wildman–Crippen LogP) is 4.33. The summed E-state index contributed by atoms with van der Waals surface area (Å²) in [6.07, 6.45) is 6.33. The van der Waals surface area contributed by atoms with Crippen molar-refractivity contribution in [2.24, 2.45) is 5.41 Å². The first kappa shape index (κ1) is 14.9. The van der Waals surface area contributed by atoms with Crippen LogP contribution in [0.5, 0.6) is 5.75 Å². The highest BCUT2D eigenvalue weighted by Gasteiger charge is 2.38. The highest BCUT2D eigenvalue weighted by molar-refractivity contribution is 9.10. The van der Waals surface area contributed by atoms with Crippen LogP contribution in [0.2, 0.25) is 0 Å². The number of ether oxygens (including phenoxy) is 1. The molecule has 106 valence electrons. The lowest BCUT2D eigenvalue weighted by atomic mass is 9.76. The standard InChI is InChI=1S/C16H23BrO2/c1-3-16(8-4-5-9-16)15(18)11-12-10-13(19-2)6-7-14(12)17/h6-7,10,15,18H,3-5,8-9,11H2,1-2H3. The maximum atomic E-state index is 10.7. The molecule has 2 rings (SSSR count). The number of aliphatic hydroxyl groups excluding tert-OH is 1. The number of hydrogen-bond acceptors (Lipinski definition) is 2. The Hall–Kier alpha value is -0.540. The Balaban J connectivity index is 2.15. The van der Waals surface area contributed by atoms with Crippen molar-refractivity contribution >= 4 is 15.9 Å². The van der Waals surface area contributed by atoms with E-state index in [2.05, 4.69) is 22.9 Å². The van der Waals surface area contributed by atoms with E-state index in [0.717, 1.165) is 35.0 Å². The molecule has 1 saturated carbocycles. The summed E-state index contributed by atoms with van der Waals surface area (Å²) < 4.78 is 6.32. The molecule has 19 heavy (non-hydrogen) atoms. The van der Waals surface area contributed by atoms with Gasteiger partial charge in [0.05, 0.1) is 13.2 Å². The van der Waals surface area contributed by atoms with Crippen molar-refractivity contribution in [3.05, 3.63) is 28.2 Å². The summed E-state index contributed by atoms with van der Waals surface area (Å²) in [6.45, 7) is 2.20. The number of methoxy groups -OCH3 is 1. The molecule has 0 radical (unpaired) electrons. The number of hydrogen-bond donors (Lipinski definition) is 1. The lowest BCUT2D eigenvalue weighted by Gasteiger charge is -2.33. The molecule has 1 fully saturated rings. The van der Waals surface area contributed by atoms with Crippen LogP contribution in [-0.2, 0) is 6.42 Å². The van der Waals surface area contributed by atoms with Crippen molar-refractivity contribution in [2.75, 3.05) is 7.11 Å². The fourth-order valence-corrected chi connectivity index (χ4v) is 3.67. The van der Waals surface area contributed by atoms with E-state index in [1.165, 1.54) is 12.8 Å². The van der Waals surface area contributed by atoms with Crippen molar-refractivity contribution in [3.63, 3.8) is 0 Å². The van der Waals surface area contributed by atoms with Gasteiger partial charge >= 0.3 is 0 Å². The molecule has 1 N–H and O–H groups in total. The third-order valence-corrected chi connectivity index (χ3v) is 5.45. The van der Waals surface area contributed by atoms with Crippen LogP contribution in [0.1, 0.15) is 44.6 Å². The topological polar surface area (TPSA) is 29.5 Å². The highest BCUT2D eigenvalue weighted by atomic mass is 79.9. The molecule has 3 heteroatoms. The van der Waals surface area contributed by atoms with E-state index < -0.39 is 0 Å². The molecule has 1 aliphatic carbocycles. The Kier molecular flexibility index (Phi) is 4.91. The molecule has 0 aromatic heterocycles. The Morgan fingerprint density at radius 2 is 2.05 bits per heavy atom. The monoisotopic (exact) mass is 326 g/mol. The SMILES string of the molecule is CCC1(C(O)Cc2cc(OC)ccc2Br)CCCC1. The second kappa shape index (κ2) is 6.27. The molecule has 1 atom stereocenters. The summed E-state index contributed by atoms with van der Waals surface area (Å²) in [5.74, 6) is 0.849. The summed E-state index contributed by atoms with van der Waals surface area (Å²) in [7, 11) is 1.67. The third kappa shape index (κ3) is 3.14. The molecule has 0 saturated heterocycles. The normalized spacial score (nSPS) is 19.4. The van der Waals surface area contributed by atoms with E-state index in [4.69, 9.17) is 4.74 Å². The van der Waals surface area contributed by atoms with Gasteiger partial charge in [0.25, 0.3) is 0 Å². The Morgan fingerprint density at radius 3 is 2.63 bits per heavy atom. The highest BCUT2D eigenvalue weighted by Crippen LogP contribution is 2.45. The quantitative estimate of drug-likeness (QED) is 0.872. The molecule has 0 amide bonds. The summed E-state index contributed by atoms with van der Waals surface area (Å²) >= 11 is 3.57. The average Bonchev–Trinajstić information content (AvgIpc) is 2.91. The van der Waals surface area contributed by atoms with Gasteiger partial charge in [-0.3, -0.25) is 0 Å². The summed E-state index contributed by atoms with van der Waals surface area (Å²) in [6, 6.07) is 5.95. The van der Waals surface area contributed by atoms with Gasteiger partial charge in [0, 0.05) is 10.9 Å². The molecule has 0 heterocycles. The van der Waals surface area contributed by atoms with Gasteiger partial charge in [0.2, 0.25) is 0 Å². The molecule has 1 aromatic carbocycles. The van der Waals surface area contributed by atoms with Crippen LogP contribution in [0.25, 0.3) is 0 Å². The molecule has 0 aliphatic heterocycles. The number of benzene rings is 1. The van der Waals surface area contributed by atoms with Crippen molar-refractivity contribution in [3.8, 4) is 5.75 Å². The number of rotatable bonds is 5. The van der Waals surface area contributed by atoms with E-state index in [1.807, 2.05) is 18.2 Å². The van der Waals surface area contributed by atoms with Crippen LogP contribution < -0.4 is 4.74 Å². The maximum absolute atomic E-state index is 10.7. The molecule has 0 spiro atoms. The van der Waals surface area contributed by atoms with Crippen LogP contribution in [0, 0.1) is 5.41 Å². The van der Waals surface area contributed by atoms with Crippen LogP contribution in [0.3, 0.4) is 0 Å². The second-order valence-corrected chi connectivity index (χ2v) is 6.45. The van der Waals surface area contributed by atoms with Crippen LogP contribution in [-0.4, -0.2) is 18.3 Å². The van der Waals surface area contributed by atoms with Crippen molar-refractivity contribution in [1.82, 2.24) is 0 Å². The van der Waals surface area contributed by atoms with E-state index >= 15 is 0 Å². The molecular weight excluding hydrogens is 304 g/mol. The Bertz CT molecular complexity index is 425. The van der Waals surface area contributed by atoms with Gasteiger partial charge in [0.15, 0.2) is 0 Å². The van der Waals surface area contributed by atoms with Gasteiger partial charge in [-0.1, -0.05) is 35.7 Å². The zero-order chi connectivity index (χ0) is 13.9. The lowest BCUT2D eigenvalue weighted by Crippen LogP contribution is -2.33. The number of halogens is 1. The summed E-state index contributed by atoms with van der Waals surface area (Å²) in [5, 5.41) is 10.7. The Morgan fingerprint density at radius 1 is 1.37 bits per heavy atom. The van der Waals surface area contributed by atoms with Gasteiger partial charge in [0.1, 0.15) is 5.75 Å². The Labute approximate surface area is 124 Å². The molecule has 1 unspecified atom stereocenters. The minimum absolute atomic E-state index is 0.127. The van der Waals surface area contributed by atoms with Crippen LogP contribution in [0.15, 0.2) is 22.7 Å². The van der Waals surface area contributed by atoms with Gasteiger partial charge in [-0.25, -0.2) is 0 Å².